The summed E-state index contributed by atoms with van der Waals surface area (Å²) in [4.78, 5) is 12.3. The summed E-state index contributed by atoms with van der Waals surface area (Å²) in [5.41, 5.74) is 8.83. The van der Waals surface area contributed by atoms with Crippen molar-refractivity contribution in [3.05, 3.63) is 64.2 Å². The first kappa shape index (κ1) is 14.4. The van der Waals surface area contributed by atoms with Gasteiger partial charge in [0.25, 0.3) is 5.91 Å². The summed E-state index contributed by atoms with van der Waals surface area (Å²) in [6.07, 6.45) is 0. The van der Waals surface area contributed by atoms with E-state index in [1.807, 2.05) is 38.1 Å². The topological polar surface area (TPSA) is 55.1 Å². The number of nitrogen functional groups attached to an aromatic ring is 1. The van der Waals surface area contributed by atoms with E-state index >= 15 is 0 Å². The lowest BCUT2D eigenvalue weighted by Crippen LogP contribution is -2.27. The molecule has 0 aliphatic heterocycles. The van der Waals surface area contributed by atoms with E-state index in [0.717, 1.165) is 11.1 Å². The van der Waals surface area contributed by atoms with E-state index in [-0.39, 0.29) is 11.9 Å². The highest BCUT2D eigenvalue weighted by molar-refractivity contribution is 6.34. The number of nitrogens with one attached hydrogen (secondary N) is 1. The number of rotatable bonds is 3. The molecule has 0 aliphatic carbocycles. The van der Waals surface area contributed by atoms with Crippen LogP contribution in [0.25, 0.3) is 0 Å². The largest absolute Gasteiger partial charge is 0.399 e. The molecule has 20 heavy (non-hydrogen) atoms. The van der Waals surface area contributed by atoms with Gasteiger partial charge >= 0.3 is 0 Å². The second-order valence-electron chi connectivity index (χ2n) is 4.79. The van der Waals surface area contributed by atoms with Crippen molar-refractivity contribution in [2.24, 2.45) is 0 Å². The van der Waals surface area contributed by atoms with E-state index in [0.29, 0.717) is 16.3 Å². The van der Waals surface area contributed by atoms with Gasteiger partial charge in [0.05, 0.1) is 16.6 Å². The standard InChI is InChI=1S/C16H17ClN2O/c1-10-5-3-4-6-13(10)11(2)19-16(20)14-9-12(18)7-8-15(14)17/h3-9,11H,18H2,1-2H3,(H,19,20). The summed E-state index contributed by atoms with van der Waals surface area (Å²) in [7, 11) is 0. The number of hydrogen-bond donors (Lipinski definition) is 2. The highest BCUT2D eigenvalue weighted by Gasteiger charge is 2.15. The van der Waals surface area contributed by atoms with Gasteiger partial charge in [-0.25, -0.2) is 0 Å². The normalized spacial score (nSPS) is 11.9. The SMILES string of the molecule is Cc1ccccc1C(C)NC(=O)c1cc(N)ccc1Cl. The third-order valence-corrected chi connectivity index (χ3v) is 3.57. The van der Waals surface area contributed by atoms with E-state index in [1.165, 1.54) is 0 Å². The van der Waals surface area contributed by atoms with Crippen molar-refractivity contribution in [2.75, 3.05) is 5.73 Å². The minimum absolute atomic E-state index is 0.0961. The van der Waals surface area contributed by atoms with Gasteiger partial charge in [0.1, 0.15) is 0 Å². The van der Waals surface area contributed by atoms with E-state index < -0.39 is 0 Å². The molecule has 0 aromatic heterocycles. The van der Waals surface area contributed by atoms with Crippen molar-refractivity contribution >= 4 is 23.2 Å². The highest BCUT2D eigenvalue weighted by Crippen LogP contribution is 2.21. The van der Waals surface area contributed by atoms with Crippen LogP contribution in [-0.2, 0) is 0 Å². The Kier molecular flexibility index (Phi) is 4.30. The first-order valence-corrected chi connectivity index (χ1v) is 6.78. The van der Waals surface area contributed by atoms with Gasteiger partial charge in [-0.2, -0.15) is 0 Å². The quantitative estimate of drug-likeness (QED) is 0.846. The molecule has 2 rings (SSSR count). The summed E-state index contributed by atoms with van der Waals surface area (Å²) in [6, 6.07) is 12.7. The number of aryl methyl sites for hydroxylation is 1. The molecule has 0 heterocycles. The molecule has 0 fully saturated rings. The first-order chi connectivity index (χ1) is 9.49. The second-order valence-corrected chi connectivity index (χ2v) is 5.20. The zero-order valence-electron chi connectivity index (χ0n) is 11.5. The van der Waals surface area contributed by atoms with Crippen molar-refractivity contribution in [3.8, 4) is 0 Å². The van der Waals surface area contributed by atoms with Crippen LogP contribution in [0.15, 0.2) is 42.5 Å². The summed E-state index contributed by atoms with van der Waals surface area (Å²) in [6.45, 7) is 3.96. The number of carbonyl (C=O) groups is 1. The average Bonchev–Trinajstić information content (AvgIpc) is 2.41. The third kappa shape index (κ3) is 3.11. The zero-order valence-corrected chi connectivity index (χ0v) is 12.2. The van der Waals surface area contributed by atoms with Crippen LogP contribution in [0.2, 0.25) is 5.02 Å². The number of anilines is 1. The Bertz CT molecular complexity index is 640. The highest BCUT2D eigenvalue weighted by atomic mass is 35.5. The fourth-order valence-corrected chi connectivity index (χ4v) is 2.35. The van der Waals surface area contributed by atoms with Crippen LogP contribution >= 0.6 is 11.6 Å². The van der Waals surface area contributed by atoms with Crippen LogP contribution in [0.1, 0.15) is 34.5 Å². The van der Waals surface area contributed by atoms with Gasteiger partial charge < -0.3 is 11.1 Å². The Hall–Kier alpha value is -2.00. The summed E-state index contributed by atoms with van der Waals surface area (Å²) >= 11 is 6.04. The second kappa shape index (κ2) is 5.97. The smallest absolute Gasteiger partial charge is 0.253 e. The molecule has 104 valence electrons. The molecule has 2 aromatic rings. The molecule has 3 nitrogen and oxygen atoms in total. The van der Waals surface area contributed by atoms with Crippen molar-refractivity contribution in [1.82, 2.24) is 5.32 Å². The lowest BCUT2D eigenvalue weighted by atomic mass is 10.0. The number of hydrogen-bond acceptors (Lipinski definition) is 2. The predicted molar refractivity (Wildman–Crippen MR) is 82.9 cm³/mol. The summed E-state index contributed by atoms with van der Waals surface area (Å²) in [5, 5.41) is 3.34. The van der Waals surface area contributed by atoms with E-state index in [9.17, 15) is 4.79 Å². The van der Waals surface area contributed by atoms with Gasteiger partial charge in [-0.1, -0.05) is 35.9 Å². The minimum Gasteiger partial charge on any atom is -0.399 e. The number of benzene rings is 2. The fourth-order valence-electron chi connectivity index (χ4n) is 2.14. The van der Waals surface area contributed by atoms with Crippen molar-refractivity contribution < 1.29 is 4.79 Å². The minimum atomic E-state index is -0.224. The molecule has 3 N–H and O–H groups in total. The number of amides is 1. The Labute approximate surface area is 123 Å². The summed E-state index contributed by atoms with van der Waals surface area (Å²) < 4.78 is 0. The molecule has 0 radical (unpaired) electrons. The first-order valence-electron chi connectivity index (χ1n) is 6.40. The lowest BCUT2D eigenvalue weighted by Gasteiger charge is -2.17. The Morgan fingerprint density at radius 2 is 1.95 bits per heavy atom. The maximum Gasteiger partial charge on any atom is 0.253 e. The number of carbonyl (C=O) groups excluding carboxylic acids is 1. The van der Waals surface area contributed by atoms with Crippen LogP contribution in [-0.4, -0.2) is 5.91 Å². The van der Waals surface area contributed by atoms with Crippen LogP contribution < -0.4 is 11.1 Å². The van der Waals surface area contributed by atoms with Gasteiger partial charge in [0.2, 0.25) is 0 Å². The Morgan fingerprint density at radius 1 is 1.25 bits per heavy atom. The molecule has 1 atom stereocenters. The Balaban J connectivity index is 2.20. The van der Waals surface area contributed by atoms with E-state index in [2.05, 4.69) is 5.32 Å². The molecule has 0 saturated carbocycles. The van der Waals surface area contributed by atoms with E-state index in [1.54, 1.807) is 18.2 Å². The summed E-state index contributed by atoms with van der Waals surface area (Å²) in [5.74, 6) is -0.224. The molecule has 1 unspecified atom stereocenters. The van der Waals surface area contributed by atoms with E-state index in [4.69, 9.17) is 17.3 Å². The monoisotopic (exact) mass is 288 g/mol. The van der Waals surface area contributed by atoms with Crippen molar-refractivity contribution in [2.45, 2.75) is 19.9 Å². The molecular weight excluding hydrogens is 272 g/mol. The molecular formula is C16H17ClN2O. The molecule has 0 bridgehead atoms. The Morgan fingerprint density at radius 3 is 2.65 bits per heavy atom. The van der Waals surface area contributed by atoms with Crippen LogP contribution in [0.3, 0.4) is 0 Å². The molecule has 2 aromatic carbocycles. The van der Waals surface area contributed by atoms with Gasteiger partial charge in [0.15, 0.2) is 0 Å². The predicted octanol–water partition coefficient (Wildman–Crippen LogP) is 3.72. The van der Waals surface area contributed by atoms with Crippen molar-refractivity contribution in [3.63, 3.8) is 0 Å². The third-order valence-electron chi connectivity index (χ3n) is 3.24. The maximum atomic E-state index is 12.3. The van der Waals surface area contributed by atoms with Gasteiger partial charge in [0, 0.05) is 5.69 Å². The van der Waals surface area contributed by atoms with Crippen LogP contribution in [0, 0.1) is 6.92 Å². The molecule has 0 aliphatic rings. The molecule has 1 amide bonds. The van der Waals surface area contributed by atoms with Crippen molar-refractivity contribution in [1.29, 1.82) is 0 Å². The fraction of sp³-hybridized carbons (Fsp3) is 0.188. The number of nitrogens with two attached hydrogens (primary N) is 1. The van der Waals surface area contributed by atoms with Crippen LogP contribution in [0.5, 0.6) is 0 Å². The molecule has 0 spiro atoms. The molecule has 4 heteroatoms. The van der Waals surface area contributed by atoms with Gasteiger partial charge in [-0.05, 0) is 43.2 Å². The van der Waals surface area contributed by atoms with Gasteiger partial charge in [-0.3, -0.25) is 4.79 Å². The van der Waals surface area contributed by atoms with Crippen LogP contribution in [0.4, 0.5) is 5.69 Å². The van der Waals surface area contributed by atoms with Gasteiger partial charge in [-0.15, -0.1) is 0 Å². The lowest BCUT2D eigenvalue weighted by molar-refractivity contribution is 0.0940. The zero-order chi connectivity index (χ0) is 14.7. The molecule has 0 saturated heterocycles. The average molecular weight is 289 g/mol. The number of halogens is 1. The maximum absolute atomic E-state index is 12.3.